The molecular weight excluding hydrogens is 375 g/mol. The number of hydrogen-bond donors (Lipinski definition) is 1. The number of benzene rings is 1. The summed E-state index contributed by atoms with van der Waals surface area (Å²) >= 11 is 0. The first-order valence-corrected chi connectivity index (χ1v) is 9.47. The summed E-state index contributed by atoms with van der Waals surface area (Å²) in [5.74, 6) is 0.173. The third kappa shape index (κ3) is 5.18. The normalized spacial score (nSPS) is 15.2. The van der Waals surface area contributed by atoms with Gasteiger partial charge in [-0.1, -0.05) is 5.10 Å². The van der Waals surface area contributed by atoms with E-state index in [1.807, 2.05) is 0 Å². The van der Waals surface area contributed by atoms with Crippen LogP contribution in [0.15, 0.2) is 28.7 Å². The zero-order valence-electron chi connectivity index (χ0n) is 13.5. The van der Waals surface area contributed by atoms with E-state index in [0.717, 1.165) is 25.0 Å². The SMILES string of the molecule is O=S(=O)(CCOCC1CC1)Nc1nnc(-c2ccc(C(F)(F)F)cc2)o1. The number of rotatable bonds is 8. The van der Waals surface area contributed by atoms with E-state index in [-0.39, 0.29) is 29.8 Å². The number of nitrogens with one attached hydrogen (secondary N) is 1. The van der Waals surface area contributed by atoms with Gasteiger partial charge in [0, 0.05) is 12.2 Å². The lowest BCUT2D eigenvalue weighted by molar-refractivity contribution is -0.137. The summed E-state index contributed by atoms with van der Waals surface area (Å²) in [7, 11) is -3.73. The summed E-state index contributed by atoms with van der Waals surface area (Å²) in [6.07, 6.45) is -2.23. The number of ether oxygens (including phenoxy) is 1. The molecule has 3 rings (SSSR count). The molecule has 1 aliphatic rings. The largest absolute Gasteiger partial charge is 0.416 e. The summed E-state index contributed by atoms with van der Waals surface area (Å²) in [6.45, 7) is 0.597. The van der Waals surface area contributed by atoms with Crippen molar-refractivity contribution in [3.05, 3.63) is 29.8 Å². The molecule has 2 aromatic rings. The molecule has 1 saturated carbocycles. The van der Waals surface area contributed by atoms with Gasteiger partial charge < -0.3 is 9.15 Å². The fourth-order valence-corrected chi connectivity index (χ4v) is 2.86. The highest BCUT2D eigenvalue weighted by Crippen LogP contribution is 2.31. The Morgan fingerprint density at radius 3 is 2.50 bits per heavy atom. The molecule has 1 aromatic carbocycles. The van der Waals surface area contributed by atoms with Gasteiger partial charge in [0.25, 0.3) is 0 Å². The molecule has 26 heavy (non-hydrogen) atoms. The molecule has 7 nitrogen and oxygen atoms in total. The molecule has 1 fully saturated rings. The van der Waals surface area contributed by atoms with Gasteiger partial charge in [-0.2, -0.15) is 13.2 Å². The molecule has 0 aliphatic heterocycles. The van der Waals surface area contributed by atoms with E-state index in [1.54, 1.807) is 0 Å². The van der Waals surface area contributed by atoms with Crippen LogP contribution in [0, 0.1) is 5.92 Å². The van der Waals surface area contributed by atoms with Crippen LogP contribution in [0.5, 0.6) is 0 Å². The number of halogens is 3. The van der Waals surface area contributed by atoms with Crippen LogP contribution in [-0.4, -0.2) is 37.6 Å². The van der Waals surface area contributed by atoms with Crippen molar-refractivity contribution >= 4 is 16.0 Å². The highest BCUT2D eigenvalue weighted by atomic mass is 32.2. The van der Waals surface area contributed by atoms with Crippen LogP contribution in [0.25, 0.3) is 11.5 Å². The van der Waals surface area contributed by atoms with Crippen LogP contribution in [0.4, 0.5) is 19.2 Å². The summed E-state index contributed by atoms with van der Waals surface area (Å²) in [4.78, 5) is 0. The fraction of sp³-hybridized carbons (Fsp3) is 0.467. The van der Waals surface area contributed by atoms with Crippen LogP contribution < -0.4 is 4.72 Å². The Balaban J connectivity index is 1.58. The molecule has 0 radical (unpaired) electrons. The van der Waals surface area contributed by atoms with Crippen molar-refractivity contribution in [2.45, 2.75) is 19.0 Å². The minimum atomic E-state index is -4.45. The highest BCUT2D eigenvalue weighted by Gasteiger charge is 2.30. The zero-order valence-corrected chi connectivity index (χ0v) is 14.3. The maximum Gasteiger partial charge on any atom is 0.416 e. The van der Waals surface area contributed by atoms with E-state index in [4.69, 9.17) is 9.15 Å². The summed E-state index contributed by atoms with van der Waals surface area (Å²) < 4.78 is 74.0. The van der Waals surface area contributed by atoms with E-state index in [2.05, 4.69) is 14.9 Å². The van der Waals surface area contributed by atoms with Gasteiger partial charge in [0.05, 0.1) is 17.9 Å². The monoisotopic (exact) mass is 391 g/mol. The molecule has 0 atom stereocenters. The Morgan fingerprint density at radius 2 is 1.88 bits per heavy atom. The van der Waals surface area contributed by atoms with Gasteiger partial charge in [0.1, 0.15) is 0 Å². The van der Waals surface area contributed by atoms with Crippen molar-refractivity contribution < 1.29 is 30.7 Å². The standard InChI is InChI=1S/C15H16F3N3O4S/c16-15(17,18)12-5-3-11(4-6-12)13-19-20-14(25-13)21-26(22,23)8-7-24-9-10-1-2-10/h3-6,10H,1-2,7-9H2,(H,20,21). The number of hydrogen-bond acceptors (Lipinski definition) is 6. The summed E-state index contributed by atoms with van der Waals surface area (Å²) in [5, 5.41) is 7.18. The van der Waals surface area contributed by atoms with Crippen LogP contribution in [0.2, 0.25) is 0 Å². The first-order valence-electron chi connectivity index (χ1n) is 7.82. The van der Waals surface area contributed by atoms with Gasteiger partial charge in [0.15, 0.2) is 0 Å². The van der Waals surface area contributed by atoms with Crippen LogP contribution >= 0.6 is 0 Å². The van der Waals surface area contributed by atoms with Crippen molar-refractivity contribution in [3.63, 3.8) is 0 Å². The van der Waals surface area contributed by atoms with E-state index in [9.17, 15) is 21.6 Å². The molecule has 0 bridgehead atoms. The Hall–Kier alpha value is -2.14. The van der Waals surface area contributed by atoms with Crippen molar-refractivity contribution in [2.24, 2.45) is 5.92 Å². The van der Waals surface area contributed by atoms with Crippen molar-refractivity contribution in [3.8, 4) is 11.5 Å². The minimum Gasteiger partial charge on any atom is -0.403 e. The Labute approximate surface area is 147 Å². The lowest BCUT2D eigenvalue weighted by Gasteiger charge is -2.06. The predicted octanol–water partition coefficient (Wildman–Crippen LogP) is 2.92. The fourth-order valence-electron chi connectivity index (χ4n) is 2.07. The topological polar surface area (TPSA) is 94.3 Å². The van der Waals surface area contributed by atoms with Gasteiger partial charge in [-0.15, -0.1) is 5.10 Å². The summed E-state index contributed by atoms with van der Waals surface area (Å²) in [5.41, 5.74) is -0.573. The van der Waals surface area contributed by atoms with Crippen molar-refractivity contribution in [1.29, 1.82) is 0 Å². The third-order valence-corrected chi connectivity index (χ3v) is 4.86. The molecule has 0 unspecified atom stereocenters. The Morgan fingerprint density at radius 1 is 1.19 bits per heavy atom. The zero-order chi connectivity index (χ0) is 18.8. The van der Waals surface area contributed by atoms with Gasteiger partial charge in [0.2, 0.25) is 15.9 Å². The number of nitrogens with zero attached hydrogens (tertiary/aromatic N) is 2. The second kappa shape index (κ2) is 7.23. The van der Waals surface area contributed by atoms with E-state index in [0.29, 0.717) is 12.5 Å². The second-order valence-electron chi connectivity index (χ2n) is 5.93. The molecular formula is C15H16F3N3O4S. The van der Waals surface area contributed by atoms with Gasteiger partial charge in [-0.25, -0.2) is 13.1 Å². The molecule has 1 aromatic heterocycles. The molecule has 0 spiro atoms. The maximum atomic E-state index is 12.5. The molecule has 0 saturated heterocycles. The van der Waals surface area contributed by atoms with Crippen molar-refractivity contribution in [1.82, 2.24) is 10.2 Å². The second-order valence-corrected chi connectivity index (χ2v) is 7.77. The number of alkyl halides is 3. The van der Waals surface area contributed by atoms with Crippen molar-refractivity contribution in [2.75, 3.05) is 23.7 Å². The highest BCUT2D eigenvalue weighted by molar-refractivity contribution is 7.92. The maximum absolute atomic E-state index is 12.5. The first kappa shape index (κ1) is 18.6. The lowest BCUT2D eigenvalue weighted by atomic mass is 10.1. The third-order valence-electron chi connectivity index (χ3n) is 3.67. The van der Waals surface area contributed by atoms with Crippen LogP contribution in [0.3, 0.4) is 0 Å². The van der Waals surface area contributed by atoms with Crippen LogP contribution in [0.1, 0.15) is 18.4 Å². The Kier molecular flexibility index (Phi) is 5.19. The average molecular weight is 391 g/mol. The quantitative estimate of drug-likeness (QED) is 0.696. The molecule has 142 valence electrons. The van der Waals surface area contributed by atoms with E-state index < -0.39 is 21.8 Å². The molecule has 1 N–H and O–H groups in total. The molecule has 11 heteroatoms. The van der Waals surface area contributed by atoms with Crippen LogP contribution in [-0.2, 0) is 20.9 Å². The molecule has 1 heterocycles. The van der Waals surface area contributed by atoms with E-state index in [1.165, 1.54) is 12.1 Å². The minimum absolute atomic E-state index is 0.0474. The van der Waals surface area contributed by atoms with Gasteiger partial charge in [-0.3, -0.25) is 0 Å². The first-order chi connectivity index (χ1) is 12.2. The Bertz CT molecular complexity index is 846. The van der Waals surface area contributed by atoms with Gasteiger partial charge >= 0.3 is 12.2 Å². The lowest BCUT2D eigenvalue weighted by Crippen LogP contribution is -2.20. The molecule has 1 aliphatic carbocycles. The van der Waals surface area contributed by atoms with Gasteiger partial charge in [-0.05, 0) is 43.0 Å². The number of anilines is 1. The predicted molar refractivity (Wildman–Crippen MR) is 85.7 cm³/mol. The molecule has 0 amide bonds. The summed E-state index contributed by atoms with van der Waals surface area (Å²) in [6, 6.07) is 3.73. The number of aromatic nitrogens is 2. The van der Waals surface area contributed by atoms with E-state index >= 15 is 0 Å². The smallest absolute Gasteiger partial charge is 0.403 e. The number of sulfonamides is 1. The average Bonchev–Trinajstić information content (AvgIpc) is 3.28.